The predicted molar refractivity (Wildman–Crippen MR) is 76.6 cm³/mol. The van der Waals surface area contributed by atoms with Crippen molar-refractivity contribution < 1.29 is 4.74 Å². The van der Waals surface area contributed by atoms with E-state index in [1.54, 1.807) is 7.11 Å². The molecule has 0 unspecified atom stereocenters. The number of methoxy groups -OCH3 is 1. The van der Waals surface area contributed by atoms with Crippen molar-refractivity contribution in [1.82, 2.24) is 5.32 Å². The summed E-state index contributed by atoms with van der Waals surface area (Å²) in [5.41, 5.74) is 3.77. The summed E-state index contributed by atoms with van der Waals surface area (Å²) in [4.78, 5) is 0. The van der Waals surface area contributed by atoms with Gasteiger partial charge >= 0.3 is 0 Å². The summed E-state index contributed by atoms with van der Waals surface area (Å²) in [7, 11) is 1.73. The number of rotatable bonds is 4. The summed E-state index contributed by atoms with van der Waals surface area (Å²) < 4.78 is 5.34. The molecule has 1 fully saturated rings. The third-order valence-electron chi connectivity index (χ3n) is 4.00. The van der Waals surface area contributed by atoms with E-state index in [1.807, 2.05) is 6.07 Å². The first-order valence-electron chi connectivity index (χ1n) is 6.81. The van der Waals surface area contributed by atoms with E-state index in [0.717, 1.165) is 31.3 Å². The van der Waals surface area contributed by atoms with E-state index in [0.29, 0.717) is 0 Å². The lowest BCUT2D eigenvalue weighted by Crippen LogP contribution is -2.31. The first kappa shape index (κ1) is 13.2. The normalized spacial score (nSPS) is 16.6. The van der Waals surface area contributed by atoms with Crippen LogP contribution in [0.3, 0.4) is 0 Å². The zero-order valence-electron chi connectivity index (χ0n) is 11.7. The topological polar surface area (TPSA) is 33.3 Å². The van der Waals surface area contributed by atoms with Gasteiger partial charge in [0.25, 0.3) is 0 Å². The molecule has 0 atom stereocenters. The van der Waals surface area contributed by atoms with Gasteiger partial charge in [0.05, 0.1) is 7.11 Å². The molecule has 0 aromatic heterocycles. The largest absolute Gasteiger partial charge is 0.496 e. The van der Waals surface area contributed by atoms with Gasteiger partial charge in [-0.15, -0.1) is 0 Å². The van der Waals surface area contributed by atoms with Crippen LogP contribution in [0, 0.1) is 19.8 Å². The fraction of sp³-hybridized carbons (Fsp3) is 0.600. The van der Waals surface area contributed by atoms with Gasteiger partial charge in [-0.25, -0.2) is 0 Å². The first-order valence-corrected chi connectivity index (χ1v) is 6.81. The van der Waals surface area contributed by atoms with Crippen LogP contribution in [0.25, 0.3) is 0 Å². The monoisotopic (exact) mass is 248 g/mol. The van der Waals surface area contributed by atoms with E-state index in [2.05, 4.69) is 30.5 Å². The van der Waals surface area contributed by atoms with Crippen LogP contribution in [0.15, 0.2) is 12.1 Å². The van der Waals surface area contributed by atoms with Crippen molar-refractivity contribution in [2.24, 2.45) is 5.92 Å². The molecule has 1 aromatic rings. The van der Waals surface area contributed by atoms with Gasteiger partial charge in [-0.1, -0.05) is 0 Å². The minimum absolute atomic E-state index is 0.799. The van der Waals surface area contributed by atoms with Crippen LogP contribution in [0.1, 0.15) is 24.0 Å². The van der Waals surface area contributed by atoms with Crippen molar-refractivity contribution in [3.05, 3.63) is 23.3 Å². The third kappa shape index (κ3) is 2.96. The number of nitrogens with one attached hydrogen (secondary N) is 2. The van der Waals surface area contributed by atoms with Crippen LogP contribution < -0.4 is 15.4 Å². The van der Waals surface area contributed by atoms with Gasteiger partial charge in [-0.3, -0.25) is 0 Å². The highest BCUT2D eigenvalue weighted by Crippen LogP contribution is 2.27. The molecule has 0 saturated carbocycles. The lowest BCUT2D eigenvalue weighted by Gasteiger charge is -2.24. The predicted octanol–water partition coefficient (Wildman–Crippen LogP) is 2.72. The highest BCUT2D eigenvalue weighted by molar-refractivity contribution is 5.58. The lowest BCUT2D eigenvalue weighted by atomic mass is 9.98. The minimum atomic E-state index is 0.799. The maximum Gasteiger partial charge on any atom is 0.122 e. The second-order valence-electron chi connectivity index (χ2n) is 5.14. The molecule has 0 radical (unpaired) electrons. The Balaban J connectivity index is 1.98. The summed E-state index contributed by atoms with van der Waals surface area (Å²) in [5, 5.41) is 7.00. The van der Waals surface area contributed by atoms with Crippen LogP contribution in [0.4, 0.5) is 5.69 Å². The Hall–Kier alpha value is -1.22. The zero-order valence-corrected chi connectivity index (χ0v) is 11.7. The van der Waals surface area contributed by atoms with Crippen molar-refractivity contribution in [1.29, 1.82) is 0 Å². The van der Waals surface area contributed by atoms with Gasteiger partial charge in [0.1, 0.15) is 5.75 Å². The quantitative estimate of drug-likeness (QED) is 0.859. The van der Waals surface area contributed by atoms with Crippen molar-refractivity contribution in [3.8, 4) is 5.75 Å². The molecule has 0 bridgehead atoms. The third-order valence-corrected chi connectivity index (χ3v) is 4.00. The molecule has 0 amide bonds. The summed E-state index contributed by atoms with van der Waals surface area (Å²) in [6.45, 7) is 7.67. The Morgan fingerprint density at radius 1 is 1.22 bits per heavy atom. The molecule has 1 heterocycles. The SMILES string of the molecule is COc1ccc(NCC2CCNCC2)c(C)c1C. The average Bonchev–Trinajstić information content (AvgIpc) is 2.42. The summed E-state index contributed by atoms with van der Waals surface area (Å²) in [6.07, 6.45) is 2.56. The highest BCUT2D eigenvalue weighted by Gasteiger charge is 2.13. The number of hydrogen-bond acceptors (Lipinski definition) is 3. The summed E-state index contributed by atoms with van der Waals surface area (Å²) in [6, 6.07) is 4.18. The molecule has 1 aliphatic heterocycles. The second-order valence-corrected chi connectivity index (χ2v) is 5.14. The van der Waals surface area contributed by atoms with Gasteiger partial charge in [0, 0.05) is 12.2 Å². The number of ether oxygens (including phenoxy) is 1. The van der Waals surface area contributed by atoms with Gasteiger partial charge in [0.2, 0.25) is 0 Å². The van der Waals surface area contributed by atoms with E-state index in [4.69, 9.17) is 4.74 Å². The highest BCUT2D eigenvalue weighted by atomic mass is 16.5. The Morgan fingerprint density at radius 2 is 1.94 bits per heavy atom. The maximum atomic E-state index is 5.34. The standard InChI is InChI=1S/C15H24N2O/c1-11-12(2)15(18-3)5-4-14(11)17-10-13-6-8-16-9-7-13/h4-5,13,16-17H,6-10H2,1-3H3. The lowest BCUT2D eigenvalue weighted by molar-refractivity contribution is 0.389. The fourth-order valence-electron chi connectivity index (χ4n) is 2.55. The smallest absolute Gasteiger partial charge is 0.122 e. The molecule has 0 aliphatic carbocycles. The number of benzene rings is 1. The van der Waals surface area contributed by atoms with E-state index in [-0.39, 0.29) is 0 Å². The molecule has 1 aliphatic rings. The number of piperidine rings is 1. The zero-order chi connectivity index (χ0) is 13.0. The molecule has 3 nitrogen and oxygen atoms in total. The molecule has 2 rings (SSSR count). The van der Waals surface area contributed by atoms with Gasteiger partial charge < -0.3 is 15.4 Å². The Kier molecular flexibility index (Phi) is 4.48. The minimum Gasteiger partial charge on any atom is -0.496 e. The van der Waals surface area contributed by atoms with Crippen molar-refractivity contribution in [2.45, 2.75) is 26.7 Å². The Morgan fingerprint density at radius 3 is 2.61 bits per heavy atom. The number of hydrogen-bond donors (Lipinski definition) is 2. The van der Waals surface area contributed by atoms with Crippen LogP contribution in [-0.2, 0) is 0 Å². The number of anilines is 1. The molecule has 1 aromatic carbocycles. The fourth-order valence-corrected chi connectivity index (χ4v) is 2.55. The second kappa shape index (κ2) is 6.10. The van der Waals surface area contributed by atoms with Crippen molar-refractivity contribution in [3.63, 3.8) is 0 Å². The Labute approximate surface area is 110 Å². The molecule has 100 valence electrons. The van der Waals surface area contributed by atoms with Crippen LogP contribution in [-0.4, -0.2) is 26.7 Å². The first-order chi connectivity index (χ1) is 8.72. The van der Waals surface area contributed by atoms with Crippen molar-refractivity contribution in [2.75, 3.05) is 32.1 Å². The molecule has 0 spiro atoms. The molecule has 3 heteroatoms. The van der Waals surface area contributed by atoms with Crippen LogP contribution >= 0.6 is 0 Å². The van der Waals surface area contributed by atoms with Crippen molar-refractivity contribution >= 4 is 5.69 Å². The van der Waals surface area contributed by atoms with E-state index in [9.17, 15) is 0 Å². The van der Waals surface area contributed by atoms with Crippen LogP contribution in [0.2, 0.25) is 0 Å². The maximum absolute atomic E-state index is 5.34. The molecule has 2 N–H and O–H groups in total. The molecule has 18 heavy (non-hydrogen) atoms. The van der Waals surface area contributed by atoms with E-state index in [1.165, 1.54) is 29.7 Å². The summed E-state index contributed by atoms with van der Waals surface area (Å²) >= 11 is 0. The van der Waals surface area contributed by atoms with Gasteiger partial charge in [-0.2, -0.15) is 0 Å². The van der Waals surface area contributed by atoms with E-state index < -0.39 is 0 Å². The molecule has 1 saturated heterocycles. The molecular weight excluding hydrogens is 224 g/mol. The molecular formula is C15H24N2O. The van der Waals surface area contributed by atoms with Gasteiger partial charge in [0.15, 0.2) is 0 Å². The van der Waals surface area contributed by atoms with Crippen LogP contribution in [0.5, 0.6) is 5.75 Å². The van der Waals surface area contributed by atoms with E-state index >= 15 is 0 Å². The van der Waals surface area contributed by atoms with Gasteiger partial charge in [-0.05, 0) is 69.0 Å². The summed E-state index contributed by atoms with van der Waals surface area (Å²) in [5.74, 6) is 1.77. The Bertz CT molecular complexity index is 398. The average molecular weight is 248 g/mol.